The van der Waals surface area contributed by atoms with Crippen LogP contribution >= 0.6 is 11.3 Å². The molecule has 5 heteroatoms. The average molecular weight is 378 g/mol. The predicted octanol–water partition coefficient (Wildman–Crippen LogP) is 4.66. The van der Waals surface area contributed by atoms with Gasteiger partial charge in [-0.2, -0.15) is 0 Å². The van der Waals surface area contributed by atoms with Gasteiger partial charge in [0.05, 0.1) is 5.92 Å². The summed E-state index contributed by atoms with van der Waals surface area (Å²) in [4.78, 5) is 19.5. The Hall–Kier alpha value is -2.50. The molecule has 0 saturated carbocycles. The van der Waals surface area contributed by atoms with Crippen LogP contribution in [-0.2, 0) is 11.3 Å². The number of carbonyl (C=O) groups excluding carboxylic acids is 1. The molecule has 1 atom stereocenters. The molecule has 1 aliphatic heterocycles. The Kier molecular flexibility index (Phi) is 5.61. The second-order valence-corrected chi connectivity index (χ2v) is 7.86. The summed E-state index contributed by atoms with van der Waals surface area (Å²) in [6.45, 7) is 2.77. The van der Waals surface area contributed by atoms with E-state index < -0.39 is 0 Å². The Balaban J connectivity index is 1.38. The summed E-state index contributed by atoms with van der Waals surface area (Å²) in [6.07, 6.45) is 3.81. The molecule has 1 aliphatic rings. The third kappa shape index (κ3) is 4.62. The van der Waals surface area contributed by atoms with Crippen molar-refractivity contribution in [2.45, 2.75) is 19.4 Å². The van der Waals surface area contributed by atoms with Crippen LogP contribution in [0.1, 0.15) is 18.4 Å². The standard InChI is InChI=1S/C22H23N3OS/c26-21(24-20-10-4-8-18(14-20)22-23-11-13-27-22)19-9-5-12-25(16-19)15-17-6-2-1-3-7-17/h1-4,6-8,10-11,13-14,19H,5,9,12,15-16H2,(H,24,26). The maximum Gasteiger partial charge on any atom is 0.228 e. The molecule has 4 nitrogen and oxygen atoms in total. The Morgan fingerprint density at radius 3 is 2.89 bits per heavy atom. The molecule has 1 aromatic heterocycles. The van der Waals surface area contributed by atoms with Crippen LogP contribution < -0.4 is 5.32 Å². The summed E-state index contributed by atoms with van der Waals surface area (Å²) in [5.41, 5.74) is 3.18. The fourth-order valence-electron chi connectivity index (χ4n) is 3.60. The van der Waals surface area contributed by atoms with E-state index in [-0.39, 0.29) is 11.8 Å². The largest absolute Gasteiger partial charge is 0.326 e. The lowest BCUT2D eigenvalue weighted by atomic mass is 9.96. The average Bonchev–Trinajstić information content (AvgIpc) is 3.24. The van der Waals surface area contributed by atoms with Crippen LogP contribution in [-0.4, -0.2) is 28.9 Å². The number of aromatic nitrogens is 1. The summed E-state index contributed by atoms with van der Waals surface area (Å²) in [5.74, 6) is 0.148. The van der Waals surface area contributed by atoms with Crippen LogP contribution in [0.4, 0.5) is 5.69 Å². The Morgan fingerprint density at radius 2 is 2.07 bits per heavy atom. The summed E-state index contributed by atoms with van der Waals surface area (Å²) in [5, 5.41) is 6.04. The van der Waals surface area contributed by atoms with Crippen molar-refractivity contribution in [1.82, 2.24) is 9.88 Å². The van der Waals surface area contributed by atoms with Crippen molar-refractivity contribution >= 4 is 22.9 Å². The van der Waals surface area contributed by atoms with Gasteiger partial charge in [-0.3, -0.25) is 9.69 Å². The normalized spacial score (nSPS) is 17.6. The molecule has 0 bridgehead atoms. The van der Waals surface area contributed by atoms with E-state index in [1.54, 1.807) is 17.5 Å². The molecule has 0 radical (unpaired) electrons. The predicted molar refractivity (Wildman–Crippen MR) is 111 cm³/mol. The number of anilines is 1. The van der Waals surface area contributed by atoms with E-state index in [1.807, 2.05) is 35.7 Å². The Morgan fingerprint density at radius 1 is 1.19 bits per heavy atom. The second kappa shape index (κ2) is 8.46. The van der Waals surface area contributed by atoms with E-state index in [4.69, 9.17) is 0 Å². The zero-order valence-electron chi connectivity index (χ0n) is 15.2. The van der Waals surface area contributed by atoms with E-state index in [0.29, 0.717) is 0 Å². The van der Waals surface area contributed by atoms with E-state index in [0.717, 1.165) is 48.7 Å². The molecule has 138 valence electrons. The molecule has 0 spiro atoms. The fraction of sp³-hybridized carbons (Fsp3) is 0.273. The molecule has 1 N–H and O–H groups in total. The van der Waals surface area contributed by atoms with Gasteiger partial charge in [0.2, 0.25) is 5.91 Å². The molecule has 0 aliphatic carbocycles. The van der Waals surface area contributed by atoms with Crippen molar-refractivity contribution in [1.29, 1.82) is 0 Å². The number of likely N-dealkylation sites (tertiary alicyclic amines) is 1. The zero-order valence-corrected chi connectivity index (χ0v) is 16.0. The van der Waals surface area contributed by atoms with Gasteiger partial charge >= 0.3 is 0 Å². The Bertz CT molecular complexity index is 880. The number of rotatable bonds is 5. The second-order valence-electron chi connectivity index (χ2n) is 6.97. The number of amides is 1. The third-order valence-corrected chi connectivity index (χ3v) is 5.76. The van der Waals surface area contributed by atoms with Crippen LogP contribution in [0.3, 0.4) is 0 Å². The van der Waals surface area contributed by atoms with Gasteiger partial charge in [0.1, 0.15) is 5.01 Å². The molecule has 1 amide bonds. The van der Waals surface area contributed by atoms with Crippen molar-refractivity contribution in [2.75, 3.05) is 18.4 Å². The summed E-state index contributed by atoms with van der Waals surface area (Å²) < 4.78 is 0. The highest BCUT2D eigenvalue weighted by Gasteiger charge is 2.25. The SMILES string of the molecule is O=C(Nc1cccc(-c2nccs2)c1)C1CCCN(Cc2ccccc2)C1. The molecule has 1 saturated heterocycles. The number of nitrogens with one attached hydrogen (secondary N) is 1. The summed E-state index contributed by atoms with van der Waals surface area (Å²) in [6, 6.07) is 18.4. The topological polar surface area (TPSA) is 45.2 Å². The van der Waals surface area contributed by atoms with Crippen molar-refractivity contribution in [3.05, 3.63) is 71.7 Å². The number of hydrogen-bond donors (Lipinski definition) is 1. The summed E-state index contributed by atoms with van der Waals surface area (Å²) >= 11 is 1.60. The molecule has 4 rings (SSSR count). The Labute approximate surface area is 163 Å². The zero-order chi connectivity index (χ0) is 18.5. The molecular formula is C22H23N3OS. The minimum absolute atomic E-state index is 0.0333. The van der Waals surface area contributed by atoms with Crippen LogP contribution in [0.5, 0.6) is 0 Å². The smallest absolute Gasteiger partial charge is 0.228 e. The van der Waals surface area contributed by atoms with Crippen molar-refractivity contribution < 1.29 is 4.79 Å². The molecule has 27 heavy (non-hydrogen) atoms. The first-order valence-electron chi connectivity index (χ1n) is 9.35. The molecule has 2 heterocycles. The number of piperidine rings is 1. The highest BCUT2D eigenvalue weighted by atomic mass is 32.1. The van der Waals surface area contributed by atoms with Crippen LogP contribution in [0.25, 0.3) is 10.6 Å². The lowest BCUT2D eigenvalue weighted by Crippen LogP contribution is -2.40. The van der Waals surface area contributed by atoms with Crippen LogP contribution in [0.15, 0.2) is 66.2 Å². The molecular weight excluding hydrogens is 354 g/mol. The summed E-state index contributed by atoms with van der Waals surface area (Å²) in [7, 11) is 0. The number of hydrogen-bond acceptors (Lipinski definition) is 4. The van der Waals surface area contributed by atoms with E-state index >= 15 is 0 Å². The van der Waals surface area contributed by atoms with Gasteiger partial charge in [-0.25, -0.2) is 4.98 Å². The molecule has 1 fully saturated rings. The first kappa shape index (κ1) is 17.9. The van der Waals surface area contributed by atoms with Gasteiger partial charge in [-0.1, -0.05) is 42.5 Å². The maximum absolute atomic E-state index is 12.8. The van der Waals surface area contributed by atoms with E-state index in [9.17, 15) is 4.79 Å². The van der Waals surface area contributed by atoms with E-state index in [2.05, 4.69) is 39.5 Å². The van der Waals surface area contributed by atoms with Gasteiger partial charge in [-0.15, -0.1) is 11.3 Å². The lowest BCUT2D eigenvalue weighted by Gasteiger charge is -2.32. The molecule has 3 aromatic rings. The van der Waals surface area contributed by atoms with Crippen LogP contribution in [0, 0.1) is 5.92 Å². The number of benzene rings is 2. The minimum Gasteiger partial charge on any atom is -0.326 e. The van der Waals surface area contributed by atoms with Gasteiger partial charge in [0.15, 0.2) is 0 Å². The lowest BCUT2D eigenvalue weighted by molar-refractivity contribution is -0.121. The van der Waals surface area contributed by atoms with E-state index in [1.165, 1.54) is 5.56 Å². The third-order valence-electron chi connectivity index (χ3n) is 4.93. The molecule has 1 unspecified atom stereocenters. The minimum atomic E-state index is 0.0333. The highest BCUT2D eigenvalue weighted by Crippen LogP contribution is 2.25. The first-order chi connectivity index (χ1) is 13.3. The highest BCUT2D eigenvalue weighted by molar-refractivity contribution is 7.13. The van der Waals surface area contributed by atoms with Gasteiger partial charge < -0.3 is 5.32 Å². The fourth-order valence-corrected chi connectivity index (χ4v) is 4.23. The number of carbonyl (C=O) groups is 1. The van der Waals surface area contributed by atoms with Gasteiger partial charge in [0, 0.05) is 35.9 Å². The van der Waals surface area contributed by atoms with Crippen LogP contribution in [0.2, 0.25) is 0 Å². The first-order valence-corrected chi connectivity index (χ1v) is 10.2. The van der Waals surface area contributed by atoms with Crippen molar-refractivity contribution in [3.63, 3.8) is 0 Å². The van der Waals surface area contributed by atoms with Gasteiger partial charge in [-0.05, 0) is 37.1 Å². The van der Waals surface area contributed by atoms with Gasteiger partial charge in [0.25, 0.3) is 0 Å². The maximum atomic E-state index is 12.8. The monoisotopic (exact) mass is 377 g/mol. The number of thiazole rings is 1. The molecule has 2 aromatic carbocycles. The van der Waals surface area contributed by atoms with Crippen molar-refractivity contribution in [3.8, 4) is 10.6 Å². The van der Waals surface area contributed by atoms with Crippen molar-refractivity contribution in [2.24, 2.45) is 5.92 Å². The number of nitrogens with zero attached hydrogens (tertiary/aromatic N) is 2. The quantitative estimate of drug-likeness (QED) is 0.703.